The van der Waals surface area contributed by atoms with E-state index in [1.165, 1.54) is 5.56 Å². The van der Waals surface area contributed by atoms with Gasteiger partial charge in [-0.2, -0.15) is 0 Å². The van der Waals surface area contributed by atoms with E-state index in [1.54, 1.807) is 12.1 Å². The summed E-state index contributed by atoms with van der Waals surface area (Å²) in [4.78, 5) is 7.37. The summed E-state index contributed by atoms with van der Waals surface area (Å²) in [7, 11) is 0. The molecule has 3 heteroatoms. The number of benzene rings is 1. The Morgan fingerprint density at radius 1 is 1.19 bits per heavy atom. The molecule has 0 atom stereocenters. The number of H-pyrrole nitrogens is 1. The van der Waals surface area contributed by atoms with Crippen LogP contribution in [0.1, 0.15) is 11.3 Å². The van der Waals surface area contributed by atoms with Gasteiger partial charge in [0, 0.05) is 19.0 Å². The minimum Gasteiger partial charge on any atom is -0.508 e. The van der Waals surface area contributed by atoms with Crippen LogP contribution in [0, 0.1) is 0 Å². The number of aromatic amines is 1. The van der Waals surface area contributed by atoms with Gasteiger partial charge < -0.3 is 10.1 Å². The Hall–Kier alpha value is -2.03. The van der Waals surface area contributed by atoms with Crippen LogP contribution in [-0.4, -0.2) is 22.8 Å². The number of aliphatic imine (C=N–C) groups is 1. The summed E-state index contributed by atoms with van der Waals surface area (Å²) in [6, 6.07) is 11.2. The predicted octanol–water partition coefficient (Wildman–Crippen LogP) is 2.38. The van der Waals surface area contributed by atoms with Crippen molar-refractivity contribution in [2.24, 2.45) is 4.99 Å². The maximum Gasteiger partial charge on any atom is 0.115 e. The molecule has 3 nitrogen and oxygen atoms in total. The average molecular weight is 214 g/mol. The van der Waals surface area contributed by atoms with Gasteiger partial charge in [0.1, 0.15) is 5.75 Å². The van der Waals surface area contributed by atoms with Crippen molar-refractivity contribution in [3.05, 3.63) is 53.9 Å². The zero-order valence-electron chi connectivity index (χ0n) is 8.93. The molecule has 1 heterocycles. The van der Waals surface area contributed by atoms with Crippen molar-refractivity contribution in [2.45, 2.75) is 6.42 Å². The highest BCUT2D eigenvalue weighted by Crippen LogP contribution is 2.09. The Balaban J connectivity index is 1.82. The van der Waals surface area contributed by atoms with Gasteiger partial charge >= 0.3 is 0 Å². The molecule has 2 rings (SSSR count). The van der Waals surface area contributed by atoms with E-state index in [9.17, 15) is 0 Å². The van der Waals surface area contributed by atoms with Gasteiger partial charge in [-0.25, -0.2) is 0 Å². The SMILES string of the molecule is Oc1ccc(CCN=Cc2ccc[nH]2)cc1. The van der Waals surface area contributed by atoms with Gasteiger partial charge in [-0.15, -0.1) is 0 Å². The molecular weight excluding hydrogens is 200 g/mol. The van der Waals surface area contributed by atoms with Gasteiger partial charge in [-0.3, -0.25) is 4.99 Å². The molecule has 0 amide bonds. The molecule has 1 aromatic carbocycles. The lowest BCUT2D eigenvalue weighted by Gasteiger charge is -1.97. The van der Waals surface area contributed by atoms with E-state index in [4.69, 9.17) is 5.11 Å². The summed E-state index contributed by atoms with van der Waals surface area (Å²) in [6.07, 6.45) is 4.60. The fourth-order valence-corrected chi connectivity index (χ4v) is 1.44. The number of nitrogens with one attached hydrogen (secondary N) is 1. The lowest BCUT2D eigenvalue weighted by Crippen LogP contribution is -1.90. The molecule has 0 radical (unpaired) electrons. The number of hydrogen-bond acceptors (Lipinski definition) is 2. The monoisotopic (exact) mass is 214 g/mol. The Morgan fingerprint density at radius 2 is 2.00 bits per heavy atom. The Bertz CT molecular complexity index is 443. The molecule has 0 aliphatic heterocycles. The van der Waals surface area contributed by atoms with Crippen molar-refractivity contribution in [2.75, 3.05) is 6.54 Å². The lowest BCUT2D eigenvalue weighted by atomic mass is 10.1. The van der Waals surface area contributed by atoms with Crippen LogP contribution in [0.4, 0.5) is 0 Å². The molecule has 0 bridgehead atoms. The molecule has 1 aromatic heterocycles. The second-order valence-electron chi connectivity index (χ2n) is 3.58. The number of nitrogens with zero attached hydrogens (tertiary/aromatic N) is 1. The summed E-state index contributed by atoms with van der Waals surface area (Å²) >= 11 is 0. The van der Waals surface area contributed by atoms with E-state index in [0.717, 1.165) is 18.7 Å². The summed E-state index contributed by atoms with van der Waals surface area (Å²) in [5.74, 6) is 0.304. The largest absolute Gasteiger partial charge is 0.508 e. The fourth-order valence-electron chi connectivity index (χ4n) is 1.44. The highest BCUT2D eigenvalue weighted by Gasteiger charge is 1.92. The summed E-state index contributed by atoms with van der Waals surface area (Å²) < 4.78 is 0. The van der Waals surface area contributed by atoms with Crippen molar-refractivity contribution < 1.29 is 5.11 Å². The second-order valence-corrected chi connectivity index (χ2v) is 3.58. The Kier molecular flexibility index (Phi) is 3.38. The summed E-state index contributed by atoms with van der Waals surface area (Å²) in [5, 5.41) is 9.12. The molecule has 0 aliphatic carbocycles. The van der Waals surface area contributed by atoms with E-state index < -0.39 is 0 Å². The van der Waals surface area contributed by atoms with Crippen molar-refractivity contribution in [1.29, 1.82) is 0 Å². The quantitative estimate of drug-likeness (QED) is 0.754. The number of rotatable bonds is 4. The molecule has 2 N–H and O–H groups in total. The van der Waals surface area contributed by atoms with Crippen LogP contribution in [0.3, 0.4) is 0 Å². The molecule has 82 valence electrons. The van der Waals surface area contributed by atoms with Crippen LogP contribution in [-0.2, 0) is 6.42 Å². The maximum absolute atomic E-state index is 9.12. The summed E-state index contributed by atoms with van der Waals surface area (Å²) in [6.45, 7) is 0.754. The van der Waals surface area contributed by atoms with Crippen LogP contribution < -0.4 is 0 Å². The van der Waals surface area contributed by atoms with Gasteiger partial charge in [0.2, 0.25) is 0 Å². The topological polar surface area (TPSA) is 48.4 Å². The Morgan fingerprint density at radius 3 is 2.69 bits per heavy atom. The molecule has 0 saturated heterocycles. The van der Waals surface area contributed by atoms with E-state index in [2.05, 4.69) is 9.98 Å². The second kappa shape index (κ2) is 5.16. The first-order valence-electron chi connectivity index (χ1n) is 5.26. The number of aromatic nitrogens is 1. The minimum absolute atomic E-state index is 0.304. The molecule has 0 aliphatic rings. The summed E-state index contributed by atoms with van der Waals surface area (Å²) in [5.41, 5.74) is 2.20. The van der Waals surface area contributed by atoms with Crippen molar-refractivity contribution in [1.82, 2.24) is 4.98 Å². The van der Waals surface area contributed by atoms with Crippen LogP contribution in [0.2, 0.25) is 0 Å². The maximum atomic E-state index is 9.12. The van der Waals surface area contributed by atoms with Crippen LogP contribution in [0.15, 0.2) is 47.6 Å². The fraction of sp³-hybridized carbons (Fsp3) is 0.154. The highest BCUT2D eigenvalue weighted by atomic mass is 16.3. The van der Waals surface area contributed by atoms with E-state index in [0.29, 0.717) is 5.75 Å². The van der Waals surface area contributed by atoms with Crippen LogP contribution in [0.5, 0.6) is 5.75 Å². The van der Waals surface area contributed by atoms with E-state index in [1.807, 2.05) is 36.7 Å². The Labute approximate surface area is 94.5 Å². The molecule has 0 fully saturated rings. The van der Waals surface area contributed by atoms with Gasteiger partial charge in [0.15, 0.2) is 0 Å². The predicted molar refractivity (Wildman–Crippen MR) is 65.1 cm³/mol. The van der Waals surface area contributed by atoms with Crippen LogP contribution in [0.25, 0.3) is 0 Å². The third-order valence-corrected chi connectivity index (χ3v) is 2.32. The first kappa shape index (κ1) is 10.5. The molecular formula is C13H14N2O. The van der Waals surface area contributed by atoms with Gasteiger partial charge in [0.25, 0.3) is 0 Å². The first-order valence-corrected chi connectivity index (χ1v) is 5.26. The zero-order valence-corrected chi connectivity index (χ0v) is 8.93. The van der Waals surface area contributed by atoms with E-state index >= 15 is 0 Å². The minimum atomic E-state index is 0.304. The van der Waals surface area contributed by atoms with Crippen LogP contribution >= 0.6 is 0 Å². The number of aromatic hydroxyl groups is 1. The van der Waals surface area contributed by atoms with Crippen molar-refractivity contribution in [3.8, 4) is 5.75 Å². The third kappa shape index (κ3) is 2.98. The molecule has 16 heavy (non-hydrogen) atoms. The normalized spacial score (nSPS) is 11.0. The number of hydrogen-bond donors (Lipinski definition) is 2. The van der Waals surface area contributed by atoms with E-state index in [-0.39, 0.29) is 0 Å². The first-order chi connectivity index (χ1) is 7.84. The number of phenols is 1. The van der Waals surface area contributed by atoms with Crippen molar-refractivity contribution in [3.63, 3.8) is 0 Å². The third-order valence-electron chi connectivity index (χ3n) is 2.32. The number of phenolic OH excluding ortho intramolecular Hbond substituents is 1. The standard InChI is InChI=1S/C13H14N2O/c16-13-5-3-11(4-6-13)7-9-14-10-12-2-1-8-15-12/h1-6,8,10,15-16H,7,9H2. The zero-order chi connectivity index (χ0) is 11.2. The average Bonchev–Trinajstić information content (AvgIpc) is 2.80. The molecule has 0 spiro atoms. The molecule has 0 saturated carbocycles. The lowest BCUT2D eigenvalue weighted by molar-refractivity contribution is 0.475. The molecule has 2 aromatic rings. The molecule has 0 unspecified atom stereocenters. The van der Waals surface area contributed by atoms with Gasteiger partial charge in [-0.1, -0.05) is 12.1 Å². The van der Waals surface area contributed by atoms with Gasteiger partial charge in [0.05, 0.1) is 5.69 Å². The van der Waals surface area contributed by atoms with Gasteiger partial charge in [-0.05, 0) is 36.2 Å². The smallest absolute Gasteiger partial charge is 0.115 e. The highest BCUT2D eigenvalue weighted by molar-refractivity contribution is 5.76. The van der Waals surface area contributed by atoms with Crippen molar-refractivity contribution >= 4 is 6.21 Å².